The highest BCUT2D eigenvalue weighted by Gasteiger charge is 2.25. The molecule has 7 heteroatoms. The average molecular weight is 302 g/mol. The van der Waals surface area contributed by atoms with Gasteiger partial charge in [0.2, 0.25) is 0 Å². The number of anilines is 1. The highest BCUT2D eigenvalue weighted by atomic mass is 16.5. The van der Waals surface area contributed by atoms with E-state index in [1.54, 1.807) is 17.7 Å². The van der Waals surface area contributed by atoms with Gasteiger partial charge in [0.1, 0.15) is 11.6 Å². The van der Waals surface area contributed by atoms with Crippen LogP contribution in [0.1, 0.15) is 30.7 Å². The lowest BCUT2D eigenvalue weighted by atomic mass is 9.91. The molecule has 1 aliphatic rings. The first-order valence-electron chi connectivity index (χ1n) is 7.32. The summed E-state index contributed by atoms with van der Waals surface area (Å²) in [5.41, 5.74) is 0.920. The van der Waals surface area contributed by atoms with Crippen LogP contribution in [0.2, 0.25) is 0 Å². The number of hydrogen-bond donors (Lipinski definition) is 2. The van der Waals surface area contributed by atoms with Gasteiger partial charge in [0, 0.05) is 12.3 Å². The third-order valence-corrected chi connectivity index (χ3v) is 3.72. The molecule has 0 aliphatic carbocycles. The Morgan fingerprint density at radius 2 is 2.32 bits per heavy atom. The maximum Gasteiger partial charge on any atom is 0.414 e. The van der Waals surface area contributed by atoms with Crippen LogP contribution in [0.25, 0.3) is 0 Å². The number of carbonyl (C=O) groups is 1. The van der Waals surface area contributed by atoms with Crippen LogP contribution in [0.5, 0.6) is 5.75 Å². The molecule has 1 aromatic heterocycles. The first-order valence-corrected chi connectivity index (χ1v) is 7.32. The first-order chi connectivity index (χ1) is 10.7. The van der Waals surface area contributed by atoms with Crippen LogP contribution in [0.15, 0.2) is 24.3 Å². The number of nitrogens with zero attached hydrogens (tertiary/aromatic N) is 3. The summed E-state index contributed by atoms with van der Waals surface area (Å²) >= 11 is 0. The summed E-state index contributed by atoms with van der Waals surface area (Å²) in [6, 6.07) is 7.35. The molecule has 2 N–H and O–H groups in total. The summed E-state index contributed by atoms with van der Waals surface area (Å²) in [5.74, 6) is 1.58. The molecule has 0 saturated heterocycles. The second-order valence-electron chi connectivity index (χ2n) is 5.17. The van der Waals surface area contributed by atoms with Gasteiger partial charge in [-0.25, -0.2) is 9.48 Å². The molecular weight excluding hydrogens is 284 g/mol. The van der Waals surface area contributed by atoms with Crippen LogP contribution in [-0.2, 0) is 17.7 Å². The third kappa shape index (κ3) is 2.88. The number of hydrogen-bond acceptors (Lipinski definition) is 5. The number of phenols is 1. The van der Waals surface area contributed by atoms with Crippen LogP contribution >= 0.6 is 0 Å². The fourth-order valence-corrected chi connectivity index (χ4v) is 2.71. The molecule has 3 rings (SSSR count). The number of amides is 1. The quantitative estimate of drug-likeness (QED) is 0.908. The molecule has 1 aliphatic heterocycles. The van der Waals surface area contributed by atoms with Gasteiger partial charge < -0.3 is 9.84 Å². The molecule has 0 fully saturated rings. The van der Waals surface area contributed by atoms with E-state index >= 15 is 0 Å². The zero-order valence-corrected chi connectivity index (χ0v) is 12.3. The molecule has 7 nitrogen and oxygen atoms in total. The Bertz CT molecular complexity index is 683. The van der Waals surface area contributed by atoms with Gasteiger partial charge in [0.25, 0.3) is 5.95 Å². The van der Waals surface area contributed by atoms with Crippen molar-refractivity contribution in [3.63, 3.8) is 0 Å². The van der Waals surface area contributed by atoms with E-state index in [9.17, 15) is 9.90 Å². The van der Waals surface area contributed by atoms with Crippen LogP contribution < -0.4 is 5.32 Å². The minimum atomic E-state index is -0.553. The predicted molar refractivity (Wildman–Crippen MR) is 79.8 cm³/mol. The largest absolute Gasteiger partial charge is 0.508 e. The first kappa shape index (κ1) is 14.4. The van der Waals surface area contributed by atoms with E-state index in [0.717, 1.165) is 24.2 Å². The normalized spacial score (nSPS) is 16.9. The maximum atomic E-state index is 11.4. The van der Waals surface area contributed by atoms with Gasteiger partial charge in [0.05, 0.1) is 13.2 Å². The predicted octanol–water partition coefficient (Wildman–Crippen LogP) is 2.28. The minimum Gasteiger partial charge on any atom is -0.508 e. The Morgan fingerprint density at radius 1 is 1.50 bits per heavy atom. The van der Waals surface area contributed by atoms with E-state index in [-0.39, 0.29) is 11.9 Å². The highest BCUT2D eigenvalue weighted by molar-refractivity contribution is 5.82. The molecule has 116 valence electrons. The number of ether oxygens (including phenoxy) is 1. The highest BCUT2D eigenvalue weighted by Crippen LogP contribution is 2.33. The number of aromatic hydroxyl groups is 1. The molecule has 2 aromatic rings. The SMILES string of the molecule is CCOC(=O)Nc1nc2n(n1)CC(c1ccccc1O)CC2. The smallest absolute Gasteiger partial charge is 0.414 e. The Labute approximate surface area is 127 Å². The fraction of sp³-hybridized carbons (Fsp3) is 0.400. The van der Waals surface area contributed by atoms with Crippen molar-refractivity contribution in [1.82, 2.24) is 14.8 Å². The van der Waals surface area contributed by atoms with Crippen LogP contribution in [0.3, 0.4) is 0 Å². The lowest BCUT2D eigenvalue weighted by molar-refractivity contribution is 0.167. The van der Waals surface area contributed by atoms with Gasteiger partial charge in [0.15, 0.2) is 0 Å². The molecular formula is C15H18N4O3. The molecule has 0 radical (unpaired) electrons. The Hall–Kier alpha value is -2.57. The van der Waals surface area contributed by atoms with Gasteiger partial charge in [-0.1, -0.05) is 18.2 Å². The van der Waals surface area contributed by atoms with E-state index in [2.05, 4.69) is 15.4 Å². The minimum absolute atomic E-state index is 0.186. The van der Waals surface area contributed by atoms with Crippen molar-refractivity contribution >= 4 is 12.0 Å². The zero-order chi connectivity index (χ0) is 15.5. The van der Waals surface area contributed by atoms with Crippen LogP contribution in [-0.4, -0.2) is 32.6 Å². The topological polar surface area (TPSA) is 89.3 Å². The van der Waals surface area contributed by atoms with E-state index < -0.39 is 6.09 Å². The van der Waals surface area contributed by atoms with E-state index in [4.69, 9.17) is 4.74 Å². The second-order valence-corrected chi connectivity index (χ2v) is 5.17. The Balaban J connectivity index is 1.75. The van der Waals surface area contributed by atoms with Crippen molar-refractivity contribution in [3.8, 4) is 5.75 Å². The summed E-state index contributed by atoms with van der Waals surface area (Å²) in [4.78, 5) is 15.7. The summed E-state index contributed by atoms with van der Waals surface area (Å²) in [6.07, 6.45) is 1.08. The maximum absolute atomic E-state index is 11.4. The lowest BCUT2D eigenvalue weighted by Crippen LogP contribution is -2.20. The number of benzene rings is 1. The Morgan fingerprint density at radius 3 is 3.09 bits per heavy atom. The van der Waals surface area contributed by atoms with Crippen LogP contribution in [0, 0.1) is 0 Å². The van der Waals surface area contributed by atoms with E-state index in [1.165, 1.54) is 0 Å². The van der Waals surface area contributed by atoms with Crippen molar-refractivity contribution < 1.29 is 14.6 Å². The number of carbonyl (C=O) groups excluding carboxylic acids is 1. The van der Waals surface area contributed by atoms with Crippen molar-refractivity contribution in [3.05, 3.63) is 35.7 Å². The van der Waals surface area contributed by atoms with Gasteiger partial charge in [-0.2, -0.15) is 4.98 Å². The molecule has 1 amide bonds. The van der Waals surface area contributed by atoms with Crippen LogP contribution in [0.4, 0.5) is 10.7 Å². The van der Waals surface area contributed by atoms with Crippen molar-refractivity contribution in [2.75, 3.05) is 11.9 Å². The zero-order valence-electron chi connectivity index (χ0n) is 12.3. The number of rotatable bonds is 3. The van der Waals surface area contributed by atoms with E-state index in [0.29, 0.717) is 18.9 Å². The number of fused-ring (bicyclic) bond motifs is 1. The summed E-state index contributed by atoms with van der Waals surface area (Å²) in [7, 11) is 0. The number of aromatic nitrogens is 3. The fourth-order valence-electron chi connectivity index (χ4n) is 2.71. The molecule has 1 unspecified atom stereocenters. The van der Waals surface area contributed by atoms with E-state index in [1.807, 2.05) is 18.2 Å². The van der Waals surface area contributed by atoms with Gasteiger partial charge in [-0.15, -0.1) is 5.10 Å². The number of aryl methyl sites for hydroxylation is 1. The monoisotopic (exact) mass is 302 g/mol. The Kier molecular flexibility index (Phi) is 3.95. The molecule has 22 heavy (non-hydrogen) atoms. The second kappa shape index (κ2) is 6.05. The average Bonchev–Trinajstić information content (AvgIpc) is 2.89. The van der Waals surface area contributed by atoms with Crippen molar-refractivity contribution in [2.24, 2.45) is 0 Å². The van der Waals surface area contributed by atoms with Gasteiger partial charge in [-0.3, -0.25) is 5.32 Å². The summed E-state index contributed by atoms with van der Waals surface area (Å²) in [6.45, 7) is 2.67. The number of phenolic OH excluding ortho intramolecular Hbond substituents is 1. The van der Waals surface area contributed by atoms with Gasteiger partial charge in [-0.05, 0) is 25.0 Å². The molecule has 2 heterocycles. The third-order valence-electron chi connectivity index (χ3n) is 3.72. The molecule has 1 atom stereocenters. The summed E-state index contributed by atoms with van der Waals surface area (Å²) < 4.78 is 6.59. The summed E-state index contributed by atoms with van der Waals surface area (Å²) in [5, 5.41) is 16.8. The molecule has 1 aromatic carbocycles. The van der Waals surface area contributed by atoms with Gasteiger partial charge >= 0.3 is 6.09 Å². The number of para-hydroxylation sites is 1. The molecule has 0 bridgehead atoms. The number of nitrogens with one attached hydrogen (secondary N) is 1. The molecule has 0 saturated carbocycles. The van der Waals surface area contributed by atoms with Crippen molar-refractivity contribution in [2.45, 2.75) is 32.2 Å². The molecule has 0 spiro atoms. The standard InChI is InChI=1S/C15H18N4O3/c1-2-22-15(21)17-14-16-13-8-7-10(9-19(13)18-14)11-5-3-4-6-12(11)20/h3-6,10,20H,2,7-9H2,1H3,(H,17,18,21). The lowest BCUT2D eigenvalue weighted by Gasteiger charge is -2.23. The van der Waals surface area contributed by atoms with Crippen molar-refractivity contribution in [1.29, 1.82) is 0 Å².